The number of primary amides is 1. The van der Waals surface area contributed by atoms with Gasteiger partial charge in [0.25, 0.3) is 0 Å². The summed E-state index contributed by atoms with van der Waals surface area (Å²) < 4.78 is 20.3. The average Bonchev–Trinajstić information content (AvgIpc) is 2.83. The smallest absolute Gasteiger partial charge is 0.340 e. The molecule has 1 amide bonds. The molecule has 0 aromatic heterocycles. The predicted molar refractivity (Wildman–Crippen MR) is 135 cm³/mol. The largest absolute Gasteiger partial charge is 0.457 e. The third-order valence-corrected chi connectivity index (χ3v) is 6.44. The van der Waals surface area contributed by atoms with Gasteiger partial charge in [0, 0.05) is 12.1 Å². The number of para-hydroxylation sites is 1. The number of aryl methyl sites for hydroxylation is 1. The SMILES string of the molecule is CC(C)(C)c1ccc(COC(=O)c2cccc3c2N(C(C(N)=O)c2ccccc2F)CCC3)cc1. The summed E-state index contributed by atoms with van der Waals surface area (Å²) in [4.78, 5) is 27.5. The summed E-state index contributed by atoms with van der Waals surface area (Å²) in [5, 5.41) is 0. The molecule has 1 unspecified atom stereocenters. The van der Waals surface area contributed by atoms with Crippen molar-refractivity contribution < 1.29 is 18.7 Å². The van der Waals surface area contributed by atoms with E-state index in [-0.39, 0.29) is 17.6 Å². The molecule has 4 rings (SSSR count). The predicted octanol–water partition coefficient (Wildman–Crippen LogP) is 5.46. The van der Waals surface area contributed by atoms with Gasteiger partial charge >= 0.3 is 5.97 Å². The van der Waals surface area contributed by atoms with Crippen molar-refractivity contribution in [2.75, 3.05) is 11.4 Å². The first kappa shape index (κ1) is 24.5. The number of carbonyl (C=O) groups is 2. The summed E-state index contributed by atoms with van der Waals surface area (Å²) in [6, 6.07) is 18.5. The zero-order valence-corrected chi connectivity index (χ0v) is 20.4. The number of fused-ring (bicyclic) bond motifs is 1. The van der Waals surface area contributed by atoms with Gasteiger partial charge in [0.2, 0.25) is 5.91 Å². The van der Waals surface area contributed by atoms with Crippen molar-refractivity contribution in [2.24, 2.45) is 5.73 Å². The number of hydrogen-bond acceptors (Lipinski definition) is 4. The molecule has 6 heteroatoms. The maximum atomic E-state index is 14.7. The minimum atomic E-state index is -1.03. The average molecular weight is 475 g/mol. The molecule has 0 aliphatic carbocycles. The van der Waals surface area contributed by atoms with Gasteiger partial charge in [-0.1, -0.05) is 75.4 Å². The molecule has 5 nitrogen and oxygen atoms in total. The normalized spacial score (nSPS) is 14.2. The number of amides is 1. The highest BCUT2D eigenvalue weighted by atomic mass is 19.1. The van der Waals surface area contributed by atoms with Crippen molar-refractivity contribution in [3.8, 4) is 0 Å². The molecule has 0 spiro atoms. The Bertz CT molecular complexity index is 1230. The fraction of sp³-hybridized carbons (Fsp3) is 0.310. The van der Waals surface area contributed by atoms with Crippen LogP contribution in [0.3, 0.4) is 0 Å². The van der Waals surface area contributed by atoms with Gasteiger partial charge in [-0.15, -0.1) is 0 Å². The second kappa shape index (κ2) is 9.90. The molecule has 3 aromatic carbocycles. The molecule has 3 aromatic rings. The number of ether oxygens (including phenoxy) is 1. The number of benzene rings is 3. The van der Waals surface area contributed by atoms with Gasteiger partial charge < -0.3 is 15.4 Å². The third kappa shape index (κ3) is 5.21. The van der Waals surface area contributed by atoms with E-state index in [0.717, 1.165) is 24.0 Å². The number of esters is 1. The molecular weight excluding hydrogens is 443 g/mol. The number of nitrogens with two attached hydrogens (primary N) is 1. The number of rotatable bonds is 6. The van der Waals surface area contributed by atoms with Crippen LogP contribution in [0.2, 0.25) is 0 Å². The molecule has 1 heterocycles. The first-order chi connectivity index (χ1) is 16.7. The van der Waals surface area contributed by atoms with Crippen LogP contribution >= 0.6 is 0 Å². The zero-order chi connectivity index (χ0) is 25.2. The maximum absolute atomic E-state index is 14.7. The Morgan fingerprint density at radius 1 is 1.03 bits per heavy atom. The second-order valence-electron chi connectivity index (χ2n) is 9.96. The monoisotopic (exact) mass is 474 g/mol. The van der Waals surface area contributed by atoms with Crippen molar-refractivity contribution in [3.63, 3.8) is 0 Å². The summed E-state index contributed by atoms with van der Waals surface area (Å²) in [5.41, 5.74) is 9.91. The molecule has 0 fully saturated rings. The van der Waals surface area contributed by atoms with Gasteiger partial charge in [-0.25, -0.2) is 9.18 Å². The van der Waals surface area contributed by atoms with E-state index >= 15 is 0 Å². The lowest BCUT2D eigenvalue weighted by Gasteiger charge is -2.37. The lowest BCUT2D eigenvalue weighted by molar-refractivity contribution is -0.119. The highest BCUT2D eigenvalue weighted by Gasteiger charge is 2.34. The van der Waals surface area contributed by atoms with Crippen LogP contribution < -0.4 is 10.6 Å². The Labute approximate surface area is 205 Å². The molecule has 1 aliphatic heterocycles. The van der Waals surface area contributed by atoms with E-state index in [1.165, 1.54) is 11.6 Å². The molecule has 1 atom stereocenters. The molecule has 1 aliphatic rings. The lowest BCUT2D eigenvalue weighted by atomic mass is 9.87. The van der Waals surface area contributed by atoms with Crippen LogP contribution in [0.1, 0.15) is 65.8 Å². The van der Waals surface area contributed by atoms with Crippen LogP contribution in [0.25, 0.3) is 0 Å². The Morgan fingerprint density at radius 3 is 2.40 bits per heavy atom. The molecule has 182 valence electrons. The summed E-state index contributed by atoms with van der Waals surface area (Å²) in [5.74, 6) is -1.68. The van der Waals surface area contributed by atoms with Crippen LogP contribution in [0, 0.1) is 5.82 Å². The summed E-state index contributed by atoms with van der Waals surface area (Å²) in [6.07, 6.45) is 1.49. The number of halogens is 1. The molecule has 0 saturated heterocycles. The molecule has 35 heavy (non-hydrogen) atoms. The minimum Gasteiger partial charge on any atom is -0.457 e. The number of carbonyl (C=O) groups excluding carboxylic acids is 2. The van der Waals surface area contributed by atoms with E-state index in [4.69, 9.17) is 10.5 Å². The van der Waals surface area contributed by atoms with E-state index in [2.05, 4.69) is 20.8 Å². The van der Waals surface area contributed by atoms with Crippen LogP contribution in [-0.4, -0.2) is 18.4 Å². The number of nitrogens with zero attached hydrogens (tertiary/aromatic N) is 1. The van der Waals surface area contributed by atoms with Crippen LogP contribution in [0.15, 0.2) is 66.7 Å². The van der Waals surface area contributed by atoms with Gasteiger partial charge in [0.05, 0.1) is 11.3 Å². The summed E-state index contributed by atoms with van der Waals surface area (Å²) in [7, 11) is 0. The van der Waals surface area contributed by atoms with Crippen LogP contribution in [-0.2, 0) is 28.0 Å². The van der Waals surface area contributed by atoms with Gasteiger partial charge in [0.15, 0.2) is 0 Å². The fourth-order valence-electron chi connectivity index (χ4n) is 4.61. The first-order valence-electron chi connectivity index (χ1n) is 11.9. The summed E-state index contributed by atoms with van der Waals surface area (Å²) in [6.45, 7) is 7.03. The third-order valence-electron chi connectivity index (χ3n) is 6.44. The fourth-order valence-corrected chi connectivity index (χ4v) is 4.61. The Hall–Kier alpha value is -3.67. The molecule has 2 N–H and O–H groups in total. The Balaban J connectivity index is 1.63. The molecule has 0 saturated carbocycles. The lowest BCUT2D eigenvalue weighted by Crippen LogP contribution is -2.42. The zero-order valence-electron chi connectivity index (χ0n) is 20.4. The van der Waals surface area contributed by atoms with E-state index < -0.39 is 23.7 Å². The second-order valence-corrected chi connectivity index (χ2v) is 9.96. The van der Waals surface area contributed by atoms with E-state index in [9.17, 15) is 14.0 Å². The van der Waals surface area contributed by atoms with Gasteiger partial charge in [-0.05, 0) is 47.1 Å². The van der Waals surface area contributed by atoms with Gasteiger partial charge in [-0.2, -0.15) is 0 Å². The molecule has 0 bridgehead atoms. The minimum absolute atomic E-state index is 0.0387. The highest BCUT2D eigenvalue weighted by molar-refractivity contribution is 5.98. The quantitative estimate of drug-likeness (QED) is 0.482. The Kier molecular flexibility index (Phi) is 6.92. The van der Waals surface area contributed by atoms with Crippen molar-refractivity contribution in [2.45, 2.75) is 51.7 Å². The van der Waals surface area contributed by atoms with Crippen molar-refractivity contribution in [3.05, 3.63) is 100 Å². The number of anilines is 1. The van der Waals surface area contributed by atoms with Gasteiger partial charge in [-0.3, -0.25) is 4.79 Å². The number of hydrogen-bond donors (Lipinski definition) is 1. The van der Waals surface area contributed by atoms with Crippen molar-refractivity contribution in [1.82, 2.24) is 0 Å². The summed E-state index contributed by atoms with van der Waals surface area (Å²) >= 11 is 0. The van der Waals surface area contributed by atoms with Crippen molar-refractivity contribution >= 4 is 17.6 Å². The highest BCUT2D eigenvalue weighted by Crippen LogP contribution is 2.38. The maximum Gasteiger partial charge on any atom is 0.340 e. The van der Waals surface area contributed by atoms with E-state index in [1.807, 2.05) is 30.3 Å². The van der Waals surface area contributed by atoms with Crippen molar-refractivity contribution in [1.29, 1.82) is 0 Å². The Morgan fingerprint density at radius 2 is 1.74 bits per heavy atom. The van der Waals surface area contributed by atoms with E-state index in [0.29, 0.717) is 17.8 Å². The van der Waals surface area contributed by atoms with Crippen LogP contribution in [0.4, 0.5) is 10.1 Å². The van der Waals surface area contributed by atoms with Crippen LogP contribution in [0.5, 0.6) is 0 Å². The molecule has 0 radical (unpaired) electrons. The van der Waals surface area contributed by atoms with Gasteiger partial charge in [0.1, 0.15) is 18.5 Å². The van der Waals surface area contributed by atoms with E-state index in [1.54, 1.807) is 35.2 Å². The topological polar surface area (TPSA) is 72.6 Å². The first-order valence-corrected chi connectivity index (χ1v) is 11.9. The standard InChI is InChI=1S/C29H31FN2O3/c1-29(2,3)21-15-13-19(14-16-21)18-35-28(34)23-11-6-8-20-9-7-17-32(25(20)23)26(27(31)33)22-10-4-5-12-24(22)30/h4-6,8,10-16,26H,7,9,17-18H2,1-3H3,(H2,31,33). The molecular formula is C29H31FN2O3.